The number of carbonyl (C=O) groups excluding carboxylic acids is 1. The minimum Gasteiger partial charge on any atom is -0.444 e. The third-order valence-electron chi connectivity index (χ3n) is 8.79. The number of nitrogens with one attached hydrogen (secondary N) is 1. The topological polar surface area (TPSA) is 126 Å². The molecule has 6 heterocycles. The summed E-state index contributed by atoms with van der Waals surface area (Å²) in [6, 6.07) is 2.39. The summed E-state index contributed by atoms with van der Waals surface area (Å²) in [5.41, 5.74) is 0.706. The van der Waals surface area contributed by atoms with E-state index in [0.29, 0.717) is 22.9 Å². The van der Waals surface area contributed by atoms with Gasteiger partial charge in [-0.05, 0) is 44.7 Å². The number of methoxy groups -OCH3 is 1. The van der Waals surface area contributed by atoms with Crippen LogP contribution in [0.25, 0.3) is 32.2 Å². The van der Waals surface area contributed by atoms with E-state index in [2.05, 4.69) is 31.2 Å². The summed E-state index contributed by atoms with van der Waals surface area (Å²) >= 11 is 0.865. The van der Waals surface area contributed by atoms with Gasteiger partial charge in [-0.1, -0.05) is 0 Å². The highest BCUT2D eigenvalue weighted by atomic mass is 32.1. The Morgan fingerprint density at radius 1 is 1.15 bits per heavy atom. The maximum absolute atomic E-state index is 16.9. The number of likely N-dealkylation sites (tertiary alicyclic amines) is 1. The van der Waals surface area contributed by atoms with Gasteiger partial charge >= 0.3 is 6.09 Å². The molecule has 0 bridgehead atoms. The Labute approximate surface area is 268 Å². The van der Waals surface area contributed by atoms with Crippen LogP contribution >= 0.6 is 11.3 Å². The molecule has 0 unspecified atom stereocenters. The number of amides is 1. The molecule has 240 valence electrons. The average Bonchev–Trinajstić information content (AvgIpc) is 3.83. The third-order valence-corrected chi connectivity index (χ3v) is 9.91. The number of rotatable bonds is 5. The number of halogens is 2. The lowest BCUT2D eigenvalue weighted by Crippen LogP contribution is -2.37. The van der Waals surface area contributed by atoms with Crippen LogP contribution in [0.5, 0.6) is 0 Å². The van der Waals surface area contributed by atoms with Crippen LogP contribution in [0.3, 0.4) is 0 Å². The van der Waals surface area contributed by atoms with Crippen molar-refractivity contribution >= 4 is 49.4 Å². The average molecular weight is 650 g/mol. The van der Waals surface area contributed by atoms with E-state index in [4.69, 9.17) is 19.2 Å². The van der Waals surface area contributed by atoms with Crippen molar-refractivity contribution in [3.63, 3.8) is 0 Å². The van der Waals surface area contributed by atoms with Gasteiger partial charge in [-0.2, -0.15) is 5.26 Å². The van der Waals surface area contributed by atoms with Crippen LogP contribution < -0.4 is 10.2 Å². The molecule has 1 N–H and O–H groups in total. The molecule has 7 rings (SSSR count). The molecule has 11 nitrogen and oxygen atoms in total. The summed E-state index contributed by atoms with van der Waals surface area (Å²) in [5.74, 6) is -0.927. The lowest BCUT2D eigenvalue weighted by atomic mass is 9.94. The molecule has 0 aliphatic carbocycles. The van der Waals surface area contributed by atoms with Crippen LogP contribution in [0.1, 0.15) is 50.3 Å². The summed E-state index contributed by atoms with van der Waals surface area (Å²) in [7, 11) is 1.74. The molecular weight excluding hydrogens is 616 g/mol. The Balaban J connectivity index is 1.31. The first-order chi connectivity index (χ1) is 22.1. The Bertz CT molecular complexity index is 1920. The molecule has 1 aromatic carbocycles. The number of aromatic nitrogens is 3. The van der Waals surface area contributed by atoms with E-state index in [1.807, 2.05) is 0 Å². The van der Waals surface area contributed by atoms with Crippen molar-refractivity contribution < 1.29 is 27.8 Å². The van der Waals surface area contributed by atoms with Crippen LogP contribution in [-0.4, -0.2) is 77.0 Å². The summed E-state index contributed by atoms with van der Waals surface area (Å²) < 4.78 is 48.8. The van der Waals surface area contributed by atoms with Gasteiger partial charge in [0.2, 0.25) is 5.95 Å². The molecule has 4 aromatic rings. The van der Waals surface area contributed by atoms with Crippen molar-refractivity contribution in [2.45, 2.75) is 64.6 Å². The Morgan fingerprint density at radius 3 is 2.70 bits per heavy atom. The predicted molar refractivity (Wildman–Crippen MR) is 169 cm³/mol. The second kappa shape index (κ2) is 11.6. The number of nitrogens with zero attached hydrogens (tertiary/aromatic N) is 6. The van der Waals surface area contributed by atoms with Crippen molar-refractivity contribution in [2.24, 2.45) is 0 Å². The number of fused-ring (bicyclic) bond motifs is 4. The number of benzene rings is 1. The van der Waals surface area contributed by atoms with Crippen LogP contribution in [0.15, 0.2) is 12.4 Å². The first kappa shape index (κ1) is 30.6. The zero-order valence-electron chi connectivity index (χ0n) is 25.9. The van der Waals surface area contributed by atoms with E-state index in [0.717, 1.165) is 62.1 Å². The Hall–Kier alpha value is -4.03. The molecule has 2 atom stereocenters. The molecule has 46 heavy (non-hydrogen) atoms. The van der Waals surface area contributed by atoms with E-state index in [-0.39, 0.29) is 56.7 Å². The van der Waals surface area contributed by atoms with Crippen molar-refractivity contribution in [2.75, 3.05) is 43.5 Å². The quantitative estimate of drug-likeness (QED) is 0.286. The highest BCUT2D eigenvalue weighted by Gasteiger charge is 2.35. The molecule has 0 spiro atoms. The predicted octanol–water partition coefficient (Wildman–Crippen LogP) is 5.73. The van der Waals surface area contributed by atoms with Gasteiger partial charge in [0.05, 0.1) is 41.5 Å². The molecule has 0 saturated carbocycles. The highest BCUT2D eigenvalue weighted by molar-refractivity contribution is 7.23. The van der Waals surface area contributed by atoms with Gasteiger partial charge in [0.25, 0.3) is 0 Å². The number of carbonyl (C=O) groups is 1. The van der Waals surface area contributed by atoms with Gasteiger partial charge < -0.3 is 19.1 Å². The zero-order chi connectivity index (χ0) is 32.3. The van der Waals surface area contributed by atoms with Gasteiger partial charge in [-0.25, -0.2) is 23.5 Å². The number of ether oxygens (including phenoxy) is 3. The summed E-state index contributed by atoms with van der Waals surface area (Å²) in [5, 5.41) is 13.5. The largest absolute Gasteiger partial charge is 0.444 e. The number of nitriles is 1. The van der Waals surface area contributed by atoms with E-state index in [9.17, 15) is 10.1 Å². The second-order valence-corrected chi connectivity index (χ2v) is 13.8. The maximum Gasteiger partial charge on any atom is 0.412 e. The number of hydrogen-bond donors (Lipinski definition) is 1. The van der Waals surface area contributed by atoms with Crippen LogP contribution in [-0.2, 0) is 27.4 Å². The van der Waals surface area contributed by atoms with Crippen LogP contribution in [0, 0.1) is 23.0 Å². The van der Waals surface area contributed by atoms with E-state index < -0.39 is 23.3 Å². The molecule has 3 aliphatic rings. The van der Waals surface area contributed by atoms with Crippen molar-refractivity contribution in [1.82, 2.24) is 19.9 Å². The fraction of sp³-hybridized carbons (Fsp3) is 0.469. The molecule has 1 amide bonds. The van der Waals surface area contributed by atoms with Gasteiger partial charge in [0.1, 0.15) is 22.2 Å². The fourth-order valence-corrected chi connectivity index (χ4v) is 7.69. The van der Waals surface area contributed by atoms with E-state index in [1.54, 1.807) is 34.1 Å². The monoisotopic (exact) mass is 649 g/mol. The molecule has 2 saturated heterocycles. The first-order valence-electron chi connectivity index (χ1n) is 15.2. The minimum absolute atomic E-state index is 0.0378. The SMILES string of the molecule is CO[C@H]1CCN([C@@H]2CCN(c3ncc4c5c(c(-c6ncc(F)c7sc(NC(=O)OC(C)(C)C)c(C#N)c67)c(F)c4n3)COC5)C2)C1. The van der Waals surface area contributed by atoms with Gasteiger partial charge in [0.15, 0.2) is 11.6 Å². The Morgan fingerprint density at radius 2 is 1.96 bits per heavy atom. The molecule has 3 aromatic heterocycles. The second-order valence-electron chi connectivity index (χ2n) is 12.8. The summed E-state index contributed by atoms with van der Waals surface area (Å²) in [4.78, 5) is 30.8. The van der Waals surface area contributed by atoms with Gasteiger partial charge in [-0.3, -0.25) is 15.2 Å². The zero-order valence-corrected chi connectivity index (χ0v) is 26.8. The maximum atomic E-state index is 16.9. The van der Waals surface area contributed by atoms with Gasteiger partial charge in [-0.15, -0.1) is 11.3 Å². The molecule has 2 fully saturated rings. The molecule has 14 heteroatoms. The van der Waals surface area contributed by atoms with E-state index in [1.165, 1.54) is 0 Å². The normalized spacial score (nSPS) is 20.1. The van der Waals surface area contributed by atoms with Gasteiger partial charge in [0, 0.05) is 61.9 Å². The highest BCUT2D eigenvalue weighted by Crippen LogP contribution is 2.46. The lowest BCUT2D eigenvalue weighted by Gasteiger charge is -2.24. The number of anilines is 2. The number of pyridine rings is 1. The minimum atomic E-state index is -0.798. The van der Waals surface area contributed by atoms with Crippen LogP contribution in [0.4, 0.5) is 24.5 Å². The molecular formula is C32H33F2N7O4S. The number of hydrogen-bond acceptors (Lipinski definition) is 11. The molecule has 0 radical (unpaired) electrons. The first-order valence-corrected chi connectivity index (χ1v) is 16.0. The standard InChI is InChI=1S/C32H33F2N7O4S/c1-32(2,3)45-31(42)39-29-18(9-35)24-27(36-11-22(33)28(24)46-29)23-21-15-44-14-20(21)19-10-37-30(38-26(19)25(23)34)41-7-5-16(12-41)40-8-6-17(13-40)43-4/h10-11,16-17H,5-8,12-15H2,1-4H3,(H,39,42)/t16-,17+/m1/s1. The molecule has 3 aliphatic heterocycles. The Kier molecular flexibility index (Phi) is 7.75. The summed E-state index contributed by atoms with van der Waals surface area (Å²) in [6.07, 6.45) is 4.03. The fourth-order valence-electron chi connectivity index (χ4n) is 6.65. The van der Waals surface area contributed by atoms with Crippen molar-refractivity contribution in [3.8, 4) is 17.3 Å². The van der Waals surface area contributed by atoms with Crippen LogP contribution in [0.2, 0.25) is 0 Å². The summed E-state index contributed by atoms with van der Waals surface area (Å²) in [6.45, 7) is 8.75. The van der Waals surface area contributed by atoms with Crippen molar-refractivity contribution in [3.05, 3.63) is 40.7 Å². The van der Waals surface area contributed by atoms with E-state index >= 15 is 8.78 Å². The lowest BCUT2D eigenvalue weighted by molar-refractivity contribution is 0.0636. The number of thiophene rings is 1. The van der Waals surface area contributed by atoms with Crippen molar-refractivity contribution in [1.29, 1.82) is 5.26 Å². The third kappa shape index (κ3) is 5.30. The smallest absolute Gasteiger partial charge is 0.412 e.